The Morgan fingerprint density at radius 1 is 1.19 bits per heavy atom. The molecule has 21 heavy (non-hydrogen) atoms. The lowest BCUT2D eigenvalue weighted by molar-refractivity contribution is 0.0703. The molecule has 0 unspecified atom stereocenters. The molecular weight excluding hydrogens is 310 g/mol. The number of sulfonamides is 1. The van der Waals surface area contributed by atoms with E-state index in [2.05, 4.69) is 4.72 Å². The average Bonchev–Trinajstić information content (AvgIpc) is 2.86. The number of rotatable bonds is 5. The van der Waals surface area contributed by atoms with Crippen molar-refractivity contribution < 1.29 is 18.3 Å². The zero-order valence-corrected chi connectivity index (χ0v) is 13.2. The van der Waals surface area contributed by atoms with Crippen LogP contribution in [0.1, 0.15) is 35.0 Å². The van der Waals surface area contributed by atoms with E-state index in [0.717, 1.165) is 16.9 Å². The lowest BCUT2D eigenvalue weighted by atomic mass is 10.0. The molecule has 0 bridgehead atoms. The quantitative estimate of drug-likeness (QED) is 0.883. The van der Waals surface area contributed by atoms with Crippen LogP contribution in [0.2, 0.25) is 0 Å². The molecule has 1 aromatic carbocycles. The molecule has 0 fully saturated rings. The maximum Gasteiger partial charge on any atom is 0.348 e. The second kappa shape index (κ2) is 5.87. The zero-order valence-electron chi connectivity index (χ0n) is 11.5. The van der Waals surface area contributed by atoms with Gasteiger partial charge in [0, 0.05) is 0 Å². The van der Waals surface area contributed by atoms with Crippen molar-refractivity contribution in [1.82, 2.24) is 0 Å². The van der Waals surface area contributed by atoms with Crippen molar-refractivity contribution in [3.63, 3.8) is 0 Å². The first-order valence-corrected chi connectivity index (χ1v) is 8.61. The van der Waals surface area contributed by atoms with Gasteiger partial charge in [-0.05, 0) is 35.1 Å². The number of nitrogens with one attached hydrogen (secondary N) is 1. The summed E-state index contributed by atoms with van der Waals surface area (Å²) in [7, 11) is -3.79. The van der Waals surface area contributed by atoms with Crippen molar-refractivity contribution in [3.05, 3.63) is 46.2 Å². The van der Waals surface area contributed by atoms with Gasteiger partial charge in [0.25, 0.3) is 10.0 Å². The van der Waals surface area contributed by atoms with Crippen molar-refractivity contribution in [2.45, 2.75) is 24.7 Å². The monoisotopic (exact) mass is 325 g/mol. The van der Waals surface area contributed by atoms with Gasteiger partial charge >= 0.3 is 5.97 Å². The molecule has 7 heteroatoms. The summed E-state index contributed by atoms with van der Waals surface area (Å²) < 4.78 is 26.8. The Hall–Kier alpha value is -1.86. The molecule has 2 N–H and O–H groups in total. The molecule has 0 radical (unpaired) electrons. The van der Waals surface area contributed by atoms with Crippen LogP contribution in [0.25, 0.3) is 0 Å². The Morgan fingerprint density at radius 2 is 1.81 bits per heavy atom. The number of hydrogen-bond acceptors (Lipinski definition) is 4. The van der Waals surface area contributed by atoms with E-state index < -0.39 is 16.0 Å². The van der Waals surface area contributed by atoms with Crippen LogP contribution in [0.4, 0.5) is 5.69 Å². The number of thiophene rings is 1. The lowest BCUT2D eigenvalue weighted by Crippen LogP contribution is -2.14. The molecule has 0 aliphatic heterocycles. The Bertz CT molecular complexity index is 746. The number of hydrogen-bond donors (Lipinski definition) is 2. The van der Waals surface area contributed by atoms with Crippen molar-refractivity contribution >= 4 is 33.0 Å². The van der Waals surface area contributed by atoms with Gasteiger partial charge in [-0.25, -0.2) is 13.2 Å². The Kier molecular flexibility index (Phi) is 4.34. The van der Waals surface area contributed by atoms with Gasteiger partial charge < -0.3 is 5.11 Å². The van der Waals surface area contributed by atoms with Crippen molar-refractivity contribution in [2.75, 3.05) is 4.72 Å². The van der Waals surface area contributed by atoms with Gasteiger partial charge in [-0.1, -0.05) is 26.0 Å². The third kappa shape index (κ3) is 3.43. The lowest BCUT2D eigenvalue weighted by Gasteiger charge is -2.09. The maximum absolute atomic E-state index is 12.3. The summed E-state index contributed by atoms with van der Waals surface area (Å²) in [6.45, 7) is 4.04. The Labute approximate surface area is 127 Å². The number of anilines is 1. The van der Waals surface area contributed by atoms with Crippen LogP contribution in [0.15, 0.2) is 40.6 Å². The van der Waals surface area contributed by atoms with E-state index in [9.17, 15) is 13.2 Å². The van der Waals surface area contributed by atoms with Gasteiger partial charge in [0.05, 0.1) is 10.6 Å². The van der Waals surface area contributed by atoms with E-state index in [4.69, 9.17) is 5.11 Å². The molecular formula is C14H15NO4S2. The molecule has 2 aromatic rings. The summed E-state index contributed by atoms with van der Waals surface area (Å²) in [6, 6.07) is 7.99. The summed E-state index contributed by atoms with van der Waals surface area (Å²) in [5.41, 5.74) is 1.12. The van der Waals surface area contributed by atoms with Crippen molar-refractivity contribution in [2.24, 2.45) is 0 Å². The third-order valence-corrected chi connectivity index (χ3v) is 5.24. The van der Waals surface area contributed by atoms with Crippen LogP contribution in [0.3, 0.4) is 0 Å². The van der Waals surface area contributed by atoms with Crippen LogP contribution in [0, 0.1) is 0 Å². The molecule has 1 aromatic heterocycles. The second-order valence-electron chi connectivity index (χ2n) is 4.80. The molecule has 0 saturated heterocycles. The first-order chi connectivity index (χ1) is 9.81. The molecule has 5 nitrogen and oxygen atoms in total. The van der Waals surface area contributed by atoms with E-state index in [0.29, 0.717) is 5.92 Å². The van der Waals surface area contributed by atoms with Gasteiger partial charge in [-0.15, -0.1) is 11.3 Å². The Balaban J connectivity index is 2.30. The van der Waals surface area contributed by atoms with Crippen LogP contribution >= 0.6 is 11.3 Å². The Morgan fingerprint density at radius 3 is 2.33 bits per heavy atom. The van der Waals surface area contributed by atoms with E-state index in [1.54, 1.807) is 12.1 Å². The molecule has 112 valence electrons. The van der Waals surface area contributed by atoms with Gasteiger partial charge in [0.1, 0.15) is 4.88 Å². The predicted molar refractivity (Wildman–Crippen MR) is 82.6 cm³/mol. The summed E-state index contributed by atoms with van der Waals surface area (Å²) >= 11 is 0.973. The van der Waals surface area contributed by atoms with Crippen LogP contribution in [0.5, 0.6) is 0 Å². The molecule has 1 heterocycles. The molecule has 0 aliphatic carbocycles. The van der Waals surface area contributed by atoms with Gasteiger partial charge in [-0.2, -0.15) is 0 Å². The van der Waals surface area contributed by atoms with Gasteiger partial charge in [0.15, 0.2) is 0 Å². The highest BCUT2D eigenvalue weighted by Crippen LogP contribution is 2.25. The number of carboxylic acid groups (broad SMARTS) is 1. The molecule has 0 spiro atoms. The van der Waals surface area contributed by atoms with Crippen molar-refractivity contribution in [1.29, 1.82) is 0 Å². The molecule has 0 aliphatic rings. The smallest absolute Gasteiger partial charge is 0.348 e. The largest absolute Gasteiger partial charge is 0.477 e. The van der Waals surface area contributed by atoms with Gasteiger partial charge in [0.2, 0.25) is 0 Å². The number of benzene rings is 1. The van der Waals surface area contributed by atoms with Crippen LogP contribution in [-0.2, 0) is 10.0 Å². The maximum atomic E-state index is 12.3. The van der Waals surface area contributed by atoms with E-state index in [-0.39, 0.29) is 15.5 Å². The molecule has 2 rings (SSSR count). The fourth-order valence-electron chi connectivity index (χ4n) is 1.79. The first-order valence-electron chi connectivity index (χ1n) is 6.25. The van der Waals surface area contributed by atoms with Crippen molar-refractivity contribution in [3.8, 4) is 0 Å². The zero-order chi connectivity index (χ0) is 15.6. The highest BCUT2D eigenvalue weighted by atomic mass is 32.2. The number of carbonyl (C=O) groups is 1. The number of carboxylic acids is 1. The minimum atomic E-state index is -3.79. The number of aromatic carboxylic acids is 1. The van der Waals surface area contributed by atoms with E-state index >= 15 is 0 Å². The van der Waals surface area contributed by atoms with Gasteiger partial charge in [-0.3, -0.25) is 4.72 Å². The normalized spacial score (nSPS) is 11.6. The first kappa shape index (κ1) is 15.5. The second-order valence-corrected chi connectivity index (χ2v) is 7.40. The molecule has 0 amide bonds. The summed E-state index contributed by atoms with van der Waals surface area (Å²) in [5, 5.41) is 10.5. The fourth-order valence-corrected chi connectivity index (χ4v) is 3.61. The SMILES string of the molecule is CC(C)c1ccc(S(=O)(=O)Nc2ccsc2C(=O)O)cc1. The standard InChI is InChI=1S/C14H15NO4S2/c1-9(2)10-3-5-11(6-4-10)21(18,19)15-12-7-8-20-13(12)14(16)17/h3-9,15H,1-2H3,(H,16,17). The summed E-state index contributed by atoms with van der Waals surface area (Å²) in [6.07, 6.45) is 0. The average molecular weight is 325 g/mol. The molecule has 0 atom stereocenters. The molecule has 0 saturated carbocycles. The van der Waals surface area contributed by atoms with E-state index in [1.165, 1.54) is 23.6 Å². The summed E-state index contributed by atoms with van der Waals surface area (Å²) in [5.74, 6) is -0.844. The van der Waals surface area contributed by atoms with Crippen LogP contribution < -0.4 is 4.72 Å². The predicted octanol–water partition coefficient (Wildman–Crippen LogP) is 3.37. The van der Waals surface area contributed by atoms with E-state index in [1.807, 2.05) is 13.8 Å². The minimum Gasteiger partial charge on any atom is -0.477 e. The topological polar surface area (TPSA) is 83.5 Å². The van der Waals surface area contributed by atoms with Crippen LogP contribution in [-0.4, -0.2) is 19.5 Å². The third-order valence-electron chi connectivity index (χ3n) is 2.96. The summed E-state index contributed by atoms with van der Waals surface area (Å²) in [4.78, 5) is 11.1. The minimum absolute atomic E-state index is 0.0302. The highest BCUT2D eigenvalue weighted by Gasteiger charge is 2.19. The fraction of sp³-hybridized carbons (Fsp3) is 0.214. The highest BCUT2D eigenvalue weighted by molar-refractivity contribution is 7.92.